The maximum atomic E-state index is 12.3. The van der Waals surface area contributed by atoms with E-state index in [1.54, 1.807) is 0 Å². The van der Waals surface area contributed by atoms with Crippen molar-refractivity contribution in [3.63, 3.8) is 0 Å². The highest BCUT2D eigenvalue weighted by atomic mass is 35.5. The average molecular weight is 477 g/mol. The molecule has 0 bridgehead atoms. The molecule has 0 saturated heterocycles. The quantitative estimate of drug-likeness (QED) is 0.364. The van der Waals surface area contributed by atoms with E-state index in [9.17, 15) is 23.3 Å². The number of ether oxygens (including phenoxy) is 1. The number of non-ortho nitro benzene ring substituents is 1. The third-order valence-corrected chi connectivity index (χ3v) is 7.67. The lowest BCUT2D eigenvalue weighted by molar-refractivity contribution is -0.385. The first-order valence-corrected chi connectivity index (χ1v) is 11.6. The van der Waals surface area contributed by atoms with Crippen LogP contribution in [-0.4, -0.2) is 37.5 Å². The van der Waals surface area contributed by atoms with E-state index in [0.717, 1.165) is 6.07 Å². The van der Waals surface area contributed by atoms with Crippen LogP contribution in [0.5, 0.6) is 0 Å². The number of carbonyl (C=O) groups excluding carboxylic acids is 1. The molecule has 1 N–H and O–H groups in total. The van der Waals surface area contributed by atoms with Crippen LogP contribution in [0.25, 0.3) is 0 Å². The Morgan fingerprint density at radius 1 is 1.24 bits per heavy atom. The molecule has 1 amide bonds. The SMILES string of the molecule is O=C(Nc1cc(Cl)cc(Cl)c1)OCCS[C@@H]1CS(=O)(=O)c2cc([N+](=O)[O-])ccc21. The Balaban J connectivity index is 1.54. The van der Waals surface area contributed by atoms with Crippen LogP contribution in [0.2, 0.25) is 10.0 Å². The van der Waals surface area contributed by atoms with Crippen LogP contribution >= 0.6 is 35.0 Å². The summed E-state index contributed by atoms with van der Waals surface area (Å²) in [6, 6.07) is 8.40. The fourth-order valence-corrected chi connectivity index (χ4v) is 6.79. The van der Waals surface area contributed by atoms with E-state index in [0.29, 0.717) is 27.0 Å². The van der Waals surface area contributed by atoms with Crippen LogP contribution in [0.1, 0.15) is 10.8 Å². The summed E-state index contributed by atoms with van der Waals surface area (Å²) in [6.45, 7) is 0.0453. The zero-order valence-electron chi connectivity index (χ0n) is 14.6. The van der Waals surface area contributed by atoms with E-state index in [2.05, 4.69) is 5.32 Å². The molecule has 8 nitrogen and oxygen atoms in total. The van der Waals surface area contributed by atoms with Crippen molar-refractivity contribution < 1.29 is 22.9 Å². The Morgan fingerprint density at radius 2 is 1.93 bits per heavy atom. The molecule has 3 rings (SSSR count). The minimum absolute atomic E-state index is 0.0132. The monoisotopic (exact) mass is 476 g/mol. The van der Waals surface area contributed by atoms with E-state index in [4.69, 9.17) is 27.9 Å². The first kappa shape index (κ1) is 21.7. The van der Waals surface area contributed by atoms with Crippen molar-refractivity contribution in [1.82, 2.24) is 0 Å². The predicted octanol–water partition coefficient (Wildman–Crippen LogP) is 4.71. The number of halogens is 2. The van der Waals surface area contributed by atoms with Gasteiger partial charge in [0.1, 0.15) is 6.61 Å². The van der Waals surface area contributed by atoms with Crippen LogP contribution in [0, 0.1) is 10.1 Å². The molecule has 0 aromatic heterocycles. The second kappa shape index (κ2) is 8.78. The normalized spacial score (nSPS) is 16.8. The lowest BCUT2D eigenvalue weighted by atomic mass is 10.1. The summed E-state index contributed by atoms with van der Waals surface area (Å²) in [5.74, 6) is 0.196. The number of benzene rings is 2. The minimum Gasteiger partial charge on any atom is -0.448 e. The molecular weight excluding hydrogens is 463 g/mol. The van der Waals surface area contributed by atoms with Crippen molar-refractivity contribution in [3.8, 4) is 0 Å². The molecule has 0 saturated carbocycles. The van der Waals surface area contributed by atoms with E-state index in [1.807, 2.05) is 0 Å². The molecule has 2 aromatic rings. The summed E-state index contributed by atoms with van der Waals surface area (Å²) in [6.07, 6.45) is -0.695. The maximum absolute atomic E-state index is 12.3. The van der Waals surface area contributed by atoms with Crippen LogP contribution in [-0.2, 0) is 14.6 Å². The second-order valence-electron chi connectivity index (χ2n) is 6.04. The van der Waals surface area contributed by atoms with Crippen LogP contribution in [0.4, 0.5) is 16.2 Å². The van der Waals surface area contributed by atoms with Crippen LogP contribution < -0.4 is 5.32 Å². The predicted molar refractivity (Wildman–Crippen MR) is 112 cm³/mol. The Kier molecular flexibility index (Phi) is 6.57. The van der Waals surface area contributed by atoms with Crippen molar-refractivity contribution in [1.29, 1.82) is 0 Å². The van der Waals surface area contributed by atoms with E-state index < -0.39 is 20.9 Å². The molecule has 154 valence electrons. The van der Waals surface area contributed by atoms with E-state index in [1.165, 1.54) is 42.1 Å². The summed E-state index contributed by atoms with van der Waals surface area (Å²) in [4.78, 5) is 22.1. The van der Waals surface area contributed by atoms with Gasteiger partial charge in [0, 0.05) is 38.9 Å². The molecule has 0 spiro atoms. The third kappa shape index (κ3) is 5.33. The van der Waals surface area contributed by atoms with Gasteiger partial charge in [-0.15, -0.1) is 11.8 Å². The van der Waals surface area contributed by atoms with Crippen LogP contribution in [0.3, 0.4) is 0 Å². The lowest BCUT2D eigenvalue weighted by Gasteiger charge is -2.11. The van der Waals surface area contributed by atoms with Gasteiger partial charge in [0.2, 0.25) is 0 Å². The number of rotatable bonds is 6. The zero-order valence-corrected chi connectivity index (χ0v) is 17.8. The highest BCUT2D eigenvalue weighted by Crippen LogP contribution is 2.43. The fourth-order valence-electron chi connectivity index (χ4n) is 2.79. The second-order valence-corrected chi connectivity index (χ2v) is 10.2. The third-order valence-electron chi connectivity index (χ3n) is 4.01. The number of amides is 1. The molecule has 1 heterocycles. The Bertz CT molecular complexity index is 1060. The van der Waals surface area contributed by atoms with Gasteiger partial charge in [-0.1, -0.05) is 23.2 Å². The summed E-state index contributed by atoms with van der Waals surface area (Å²) in [7, 11) is -3.58. The number of carbonyl (C=O) groups is 1. The molecule has 0 radical (unpaired) electrons. The summed E-state index contributed by atoms with van der Waals surface area (Å²) < 4.78 is 29.6. The number of anilines is 1. The molecule has 0 unspecified atom stereocenters. The molecule has 29 heavy (non-hydrogen) atoms. The van der Waals surface area contributed by atoms with Gasteiger partial charge < -0.3 is 4.74 Å². The molecule has 0 aliphatic carbocycles. The number of nitro benzene ring substituents is 1. The van der Waals surface area contributed by atoms with Gasteiger partial charge in [-0.2, -0.15) is 0 Å². The number of nitrogens with zero attached hydrogens (tertiary/aromatic N) is 1. The fraction of sp³-hybridized carbons (Fsp3) is 0.235. The molecule has 1 atom stereocenters. The molecule has 1 aliphatic rings. The molecule has 12 heteroatoms. The van der Waals surface area contributed by atoms with E-state index >= 15 is 0 Å². The number of thioether (sulfide) groups is 1. The maximum Gasteiger partial charge on any atom is 0.411 e. The topological polar surface area (TPSA) is 116 Å². The number of hydrogen-bond acceptors (Lipinski definition) is 7. The number of sulfone groups is 1. The van der Waals surface area contributed by atoms with Gasteiger partial charge in [-0.3, -0.25) is 15.4 Å². The highest BCUT2D eigenvalue weighted by Gasteiger charge is 2.36. The summed E-state index contributed by atoms with van der Waals surface area (Å²) in [5.41, 5.74) is 0.648. The number of fused-ring (bicyclic) bond motifs is 1. The van der Waals surface area contributed by atoms with Crippen molar-refractivity contribution in [2.45, 2.75) is 10.1 Å². The number of nitro groups is 1. The highest BCUT2D eigenvalue weighted by molar-refractivity contribution is 8.01. The van der Waals surface area contributed by atoms with Gasteiger partial charge in [-0.25, -0.2) is 13.2 Å². The smallest absolute Gasteiger partial charge is 0.411 e. The minimum atomic E-state index is -3.58. The van der Waals surface area contributed by atoms with Crippen molar-refractivity contribution in [2.75, 3.05) is 23.4 Å². The first-order chi connectivity index (χ1) is 13.7. The van der Waals surface area contributed by atoms with Gasteiger partial charge in [0.25, 0.3) is 5.69 Å². The molecular formula is C17H14Cl2N2O6S2. The summed E-state index contributed by atoms with van der Waals surface area (Å²) >= 11 is 13.0. The largest absolute Gasteiger partial charge is 0.448 e. The standard InChI is InChI=1S/C17H14Cl2N2O6S2/c18-10-5-11(19)7-12(6-10)20-17(22)27-3-4-28-15-9-29(25,26)16-8-13(21(23)24)1-2-14(15)16/h1-2,5-8,15H,3-4,9H2,(H,20,22)/t15-/m1/s1. The van der Waals surface area contributed by atoms with Crippen molar-refractivity contribution >= 4 is 62.3 Å². The molecule has 1 aliphatic heterocycles. The Labute approximate surface area is 180 Å². The van der Waals surface area contributed by atoms with Gasteiger partial charge >= 0.3 is 6.09 Å². The van der Waals surface area contributed by atoms with E-state index in [-0.39, 0.29) is 28.2 Å². The summed E-state index contributed by atoms with van der Waals surface area (Å²) in [5, 5.41) is 13.7. The average Bonchev–Trinajstić information content (AvgIpc) is 2.88. The number of hydrogen-bond donors (Lipinski definition) is 1. The van der Waals surface area contributed by atoms with Crippen molar-refractivity contribution in [2.24, 2.45) is 0 Å². The first-order valence-electron chi connectivity index (χ1n) is 8.18. The lowest BCUT2D eigenvalue weighted by Crippen LogP contribution is -2.15. The Morgan fingerprint density at radius 3 is 2.59 bits per heavy atom. The number of nitrogens with one attached hydrogen (secondary N) is 1. The molecule has 2 aromatic carbocycles. The van der Waals surface area contributed by atoms with Gasteiger partial charge in [-0.05, 0) is 29.8 Å². The zero-order chi connectivity index (χ0) is 21.2. The Hall–Kier alpha value is -2.01. The van der Waals surface area contributed by atoms with Crippen LogP contribution in [0.15, 0.2) is 41.3 Å². The molecule has 0 fully saturated rings. The van der Waals surface area contributed by atoms with Crippen molar-refractivity contribution in [3.05, 3.63) is 62.1 Å². The van der Waals surface area contributed by atoms with Gasteiger partial charge in [0.05, 0.1) is 15.6 Å². The van der Waals surface area contributed by atoms with Gasteiger partial charge in [0.15, 0.2) is 9.84 Å².